The largest absolute Gasteiger partial charge is 0.487 e. The summed E-state index contributed by atoms with van der Waals surface area (Å²) < 4.78 is 36.3. The van der Waals surface area contributed by atoms with Gasteiger partial charge in [0.1, 0.15) is 24.0 Å². The lowest BCUT2D eigenvalue weighted by molar-refractivity contribution is -0.153. The lowest BCUT2D eigenvalue weighted by atomic mass is 10.2. The molecule has 0 radical (unpaired) electrons. The molecule has 0 fully saturated rings. The number of aromatic nitrogens is 1. The van der Waals surface area contributed by atoms with Crippen LogP contribution in [0.1, 0.15) is 18.2 Å². The Hall–Kier alpha value is -2.83. The molecule has 5 nitrogen and oxygen atoms in total. The van der Waals surface area contributed by atoms with Gasteiger partial charge in [-0.05, 0) is 31.2 Å². The smallest absolute Gasteiger partial charge is 0.375 e. The van der Waals surface area contributed by atoms with Crippen LogP contribution in [-0.2, 0) is 27.4 Å². The van der Waals surface area contributed by atoms with Crippen molar-refractivity contribution >= 4 is 11.8 Å². The van der Waals surface area contributed by atoms with Crippen molar-refractivity contribution in [3.05, 3.63) is 59.4 Å². The Kier molecular flexibility index (Phi) is 5.95. The summed E-state index contributed by atoms with van der Waals surface area (Å²) in [5.74, 6) is -2.59. The molecular formula is C17H15F2NO4. The third kappa shape index (κ3) is 4.84. The molecule has 0 saturated heterocycles. The lowest BCUT2D eigenvalue weighted by Crippen LogP contribution is -2.19. The number of carbonyl (C=O) groups is 2. The summed E-state index contributed by atoms with van der Waals surface area (Å²) in [4.78, 5) is 26.8. The van der Waals surface area contributed by atoms with Crippen molar-refractivity contribution in [2.75, 3.05) is 6.61 Å². The first kappa shape index (κ1) is 17.5. The number of halogens is 2. The van der Waals surface area contributed by atoms with E-state index < -0.39 is 23.4 Å². The molecule has 7 heteroatoms. The molecule has 0 spiro atoms. The number of benzene rings is 1. The van der Waals surface area contributed by atoms with Crippen molar-refractivity contribution in [2.45, 2.75) is 20.0 Å². The van der Waals surface area contributed by atoms with Crippen LogP contribution in [0, 0.1) is 11.6 Å². The van der Waals surface area contributed by atoms with Gasteiger partial charge in [0.25, 0.3) is 0 Å². The molecule has 2 aromatic rings. The second kappa shape index (κ2) is 8.14. The van der Waals surface area contributed by atoms with E-state index in [-0.39, 0.29) is 25.2 Å². The standard InChI is InChI=1S/C17H15F2NO4/c1-2-23-17(22)16(21)8-13-5-6-14(9-20-13)24-10-11-3-4-12(18)7-15(11)19/h3-7,9H,2,8,10H2,1H3. The summed E-state index contributed by atoms with van der Waals surface area (Å²) in [6.45, 7) is 1.65. The van der Waals surface area contributed by atoms with Gasteiger partial charge in [-0.25, -0.2) is 13.6 Å². The summed E-state index contributed by atoms with van der Waals surface area (Å²) in [6, 6.07) is 6.28. The third-order valence-electron chi connectivity index (χ3n) is 3.05. The average molecular weight is 335 g/mol. The number of carbonyl (C=O) groups excluding carboxylic acids is 2. The number of hydrogen-bond acceptors (Lipinski definition) is 5. The van der Waals surface area contributed by atoms with Crippen molar-refractivity contribution in [3.8, 4) is 5.75 Å². The zero-order chi connectivity index (χ0) is 17.5. The molecule has 0 bridgehead atoms. The van der Waals surface area contributed by atoms with Crippen LogP contribution in [0.15, 0.2) is 36.5 Å². The highest BCUT2D eigenvalue weighted by Gasteiger charge is 2.16. The van der Waals surface area contributed by atoms with Crippen LogP contribution in [0.25, 0.3) is 0 Å². The van der Waals surface area contributed by atoms with Gasteiger partial charge in [0.05, 0.1) is 19.2 Å². The first-order valence-electron chi connectivity index (χ1n) is 7.21. The summed E-state index contributed by atoms with van der Waals surface area (Å²) in [6.07, 6.45) is 1.18. The van der Waals surface area contributed by atoms with Gasteiger partial charge in [-0.2, -0.15) is 0 Å². The molecule has 0 aliphatic rings. The predicted molar refractivity (Wildman–Crippen MR) is 80.3 cm³/mol. The maximum absolute atomic E-state index is 13.5. The minimum Gasteiger partial charge on any atom is -0.487 e. The molecule has 1 aromatic carbocycles. The van der Waals surface area contributed by atoms with E-state index in [2.05, 4.69) is 9.72 Å². The van der Waals surface area contributed by atoms with E-state index in [4.69, 9.17) is 4.74 Å². The molecule has 126 valence electrons. The van der Waals surface area contributed by atoms with E-state index in [1.165, 1.54) is 18.3 Å². The van der Waals surface area contributed by atoms with Crippen molar-refractivity contribution in [1.82, 2.24) is 4.98 Å². The first-order chi connectivity index (χ1) is 11.5. The molecule has 0 unspecified atom stereocenters. The topological polar surface area (TPSA) is 65.5 Å². The Balaban J connectivity index is 1.92. The van der Waals surface area contributed by atoms with Crippen LogP contribution in [0.5, 0.6) is 5.75 Å². The fraction of sp³-hybridized carbons (Fsp3) is 0.235. The van der Waals surface area contributed by atoms with Gasteiger partial charge < -0.3 is 9.47 Å². The number of Topliss-reactive ketones (excluding diaryl/α,β-unsaturated/α-hetero) is 1. The molecular weight excluding hydrogens is 320 g/mol. The molecule has 1 heterocycles. The van der Waals surface area contributed by atoms with Crippen molar-refractivity contribution < 1.29 is 27.8 Å². The number of ketones is 1. The average Bonchev–Trinajstić information content (AvgIpc) is 2.55. The first-order valence-corrected chi connectivity index (χ1v) is 7.21. The molecule has 24 heavy (non-hydrogen) atoms. The summed E-state index contributed by atoms with van der Waals surface area (Å²) in [5, 5.41) is 0. The highest BCUT2D eigenvalue weighted by Crippen LogP contribution is 2.15. The van der Waals surface area contributed by atoms with Crippen LogP contribution in [0.2, 0.25) is 0 Å². The Morgan fingerprint density at radius 1 is 1.17 bits per heavy atom. The van der Waals surface area contributed by atoms with Gasteiger partial charge in [0.2, 0.25) is 5.78 Å². The molecule has 0 aliphatic carbocycles. The molecule has 0 aliphatic heterocycles. The lowest BCUT2D eigenvalue weighted by Gasteiger charge is -2.07. The Labute approximate surface area is 137 Å². The Morgan fingerprint density at radius 2 is 1.96 bits per heavy atom. The van der Waals surface area contributed by atoms with Gasteiger partial charge in [-0.1, -0.05) is 0 Å². The highest BCUT2D eigenvalue weighted by molar-refractivity contribution is 6.34. The van der Waals surface area contributed by atoms with E-state index in [9.17, 15) is 18.4 Å². The zero-order valence-electron chi connectivity index (χ0n) is 12.9. The number of hydrogen-bond donors (Lipinski definition) is 0. The molecule has 0 atom stereocenters. The SMILES string of the molecule is CCOC(=O)C(=O)Cc1ccc(OCc2ccc(F)cc2F)cn1. The van der Waals surface area contributed by atoms with Crippen LogP contribution in [-0.4, -0.2) is 23.3 Å². The van der Waals surface area contributed by atoms with Gasteiger partial charge >= 0.3 is 5.97 Å². The van der Waals surface area contributed by atoms with Gasteiger partial charge in [0.15, 0.2) is 0 Å². The number of rotatable bonds is 7. The van der Waals surface area contributed by atoms with Crippen LogP contribution in [0.4, 0.5) is 8.78 Å². The van der Waals surface area contributed by atoms with E-state index in [1.807, 2.05) is 0 Å². The number of ether oxygens (including phenoxy) is 2. The second-order valence-corrected chi connectivity index (χ2v) is 4.83. The molecule has 0 amide bonds. The molecule has 1 aromatic heterocycles. The van der Waals surface area contributed by atoms with E-state index in [1.54, 1.807) is 13.0 Å². The van der Waals surface area contributed by atoms with Crippen LogP contribution < -0.4 is 4.74 Å². The zero-order valence-corrected chi connectivity index (χ0v) is 12.9. The van der Waals surface area contributed by atoms with Gasteiger partial charge in [0, 0.05) is 17.3 Å². The number of esters is 1. The number of nitrogens with zero attached hydrogens (tertiary/aromatic N) is 1. The highest BCUT2D eigenvalue weighted by atomic mass is 19.1. The minimum absolute atomic E-state index is 0.0884. The van der Waals surface area contributed by atoms with Gasteiger partial charge in [-0.15, -0.1) is 0 Å². The fourth-order valence-corrected chi connectivity index (χ4v) is 1.85. The van der Waals surface area contributed by atoms with Crippen LogP contribution >= 0.6 is 0 Å². The fourth-order valence-electron chi connectivity index (χ4n) is 1.85. The summed E-state index contributed by atoms with van der Waals surface area (Å²) in [5.41, 5.74) is 0.589. The number of pyridine rings is 1. The van der Waals surface area contributed by atoms with Crippen LogP contribution in [0.3, 0.4) is 0 Å². The summed E-state index contributed by atoms with van der Waals surface area (Å²) in [7, 11) is 0. The normalized spacial score (nSPS) is 10.3. The molecule has 0 N–H and O–H groups in total. The maximum atomic E-state index is 13.5. The van der Waals surface area contributed by atoms with Crippen molar-refractivity contribution in [2.24, 2.45) is 0 Å². The predicted octanol–water partition coefficient (Wildman–Crippen LogP) is 2.61. The Bertz CT molecular complexity index is 732. The van der Waals surface area contributed by atoms with Crippen molar-refractivity contribution in [3.63, 3.8) is 0 Å². The van der Waals surface area contributed by atoms with Crippen molar-refractivity contribution in [1.29, 1.82) is 0 Å². The van der Waals surface area contributed by atoms with E-state index >= 15 is 0 Å². The quantitative estimate of drug-likeness (QED) is 0.575. The van der Waals surface area contributed by atoms with E-state index in [0.29, 0.717) is 11.4 Å². The molecule has 2 rings (SSSR count). The van der Waals surface area contributed by atoms with E-state index in [0.717, 1.165) is 12.1 Å². The van der Waals surface area contributed by atoms with Gasteiger partial charge in [-0.3, -0.25) is 9.78 Å². The summed E-state index contributed by atoms with van der Waals surface area (Å²) >= 11 is 0. The third-order valence-corrected chi connectivity index (χ3v) is 3.05. The minimum atomic E-state index is -0.897. The second-order valence-electron chi connectivity index (χ2n) is 4.83. The monoisotopic (exact) mass is 335 g/mol. The Morgan fingerprint density at radius 3 is 2.58 bits per heavy atom. The molecule has 0 saturated carbocycles. The maximum Gasteiger partial charge on any atom is 0.375 e.